The van der Waals surface area contributed by atoms with Gasteiger partial charge in [0.2, 0.25) is 5.95 Å². The highest BCUT2D eigenvalue weighted by molar-refractivity contribution is 5.28. The van der Waals surface area contributed by atoms with Gasteiger partial charge in [-0.25, -0.2) is 4.68 Å². The number of tetrazole rings is 1. The zero-order valence-electron chi connectivity index (χ0n) is 8.62. The van der Waals surface area contributed by atoms with E-state index in [0.717, 1.165) is 5.56 Å². The van der Waals surface area contributed by atoms with E-state index in [-0.39, 0.29) is 6.04 Å². The van der Waals surface area contributed by atoms with Gasteiger partial charge in [-0.05, 0) is 35.0 Å². The molecule has 78 valence electrons. The molecule has 0 saturated carbocycles. The number of rotatable bonds is 3. The number of hydrogen-bond acceptors (Lipinski definition) is 5. The van der Waals surface area contributed by atoms with Gasteiger partial charge in [0.25, 0.3) is 0 Å². The summed E-state index contributed by atoms with van der Waals surface area (Å²) in [6.45, 7) is 2.05. The molecule has 2 rings (SSSR count). The molecule has 0 aromatic carbocycles. The van der Waals surface area contributed by atoms with Crippen LogP contribution in [-0.2, 0) is 7.05 Å². The molecule has 0 aliphatic rings. The van der Waals surface area contributed by atoms with E-state index in [9.17, 15) is 0 Å². The summed E-state index contributed by atoms with van der Waals surface area (Å²) in [5.74, 6) is 0.652. The van der Waals surface area contributed by atoms with E-state index in [1.165, 1.54) is 0 Å². The number of aryl methyl sites for hydroxylation is 1. The maximum Gasteiger partial charge on any atom is 0.243 e. The van der Waals surface area contributed by atoms with Crippen LogP contribution < -0.4 is 5.32 Å². The molecule has 0 spiro atoms. The maximum atomic E-state index is 3.97. The van der Waals surface area contributed by atoms with Gasteiger partial charge in [0.05, 0.1) is 6.04 Å². The fraction of sp³-hybridized carbons (Fsp3) is 0.333. The molecule has 0 amide bonds. The quantitative estimate of drug-likeness (QED) is 0.800. The molecule has 6 nitrogen and oxygen atoms in total. The van der Waals surface area contributed by atoms with Crippen LogP contribution in [0.15, 0.2) is 24.5 Å². The lowest BCUT2D eigenvalue weighted by molar-refractivity contribution is 0.706. The zero-order chi connectivity index (χ0) is 10.7. The number of pyridine rings is 1. The SMILES string of the molecule is CC(Nc1nnnn1C)c1ccncc1. The molecule has 1 N–H and O–H groups in total. The van der Waals surface area contributed by atoms with Crippen LogP contribution >= 0.6 is 0 Å². The third kappa shape index (κ3) is 2.09. The fourth-order valence-electron chi connectivity index (χ4n) is 1.28. The molecule has 0 radical (unpaired) electrons. The van der Waals surface area contributed by atoms with Gasteiger partial charge >= 0.3 is 0 Å². The molecular formula is C9H12N6. The highest BCUT2D eigenvalue weighted by Gasteiger charge is 2.08. The van der Waals surface area contributed by atoms with E-state index < -0.39 is 0 Å². The summed E-state index contributed by atoms with van der Waals surface area (Å²) in [6.07, 6.45) is 3.53. The Kier molecular flexibility index (Phi) is 2.57. The van der Waals surface area contributed by atoms with Crippen LogP contribution in [0.1, 0.15) is 18.5 Å². The summed E-state index contributed by atoms with van der Waals surface area (Å²) in [7, 11) is 1.79. The molecule has 1 unspecified atom stereocenters. The minimum Gasteiger partial charge on any atom is -0.347 e. The number of nitrogens with one attached hydrogen (secondary N) is 1. The third-order valence-corrected chi connectivity index (χ3v) is 2.17. The maximum absolute atomic E-state index is 3.97. The van der Waals surface area contributed by atoms with E-state index in [0.29, 0.717) is 5.95 Å². The Morgan fingerprint density at radius 3 is 2.67 bits per heavy atom. The summed E-state index contributed by atoms with van der Waals surface area (Å²) in [5, 5.41) is 14.4. The summed E-state index contributed by atoms with van der Waals surface area (Å²) in [4.78, 5) is 3.97. The summed E-state index contributed by atoms with van der Waals surface area (Å²) >= 11 is 0. The van der Waals surface area contributed by atoms with Crippen LogP contribution in [0.5, 0.6) is 0 Å². The lowest BCUT2D eigenvalue weighted by atomic mass is 10.1. The van der Waals surface area contributed by atoms with Gasteiger partial charge in [-0.15, -0.1) is 0 Å². The second-order valence-corrected chi connectivity index (χ2v) is 3.27. The first-order chi connectivity index (χ1) is 7.27. The highest BCUT2D eigenvalue weighted by Crippen LogP contribution is 2.15. The molecule has 0 aliphatic heterocycles. The predicted octanol–water partition coefficient (Wildman–Crippen LogP) is 0.778. The molecule has 0 bridgehead atoms. The van der Waals surface area contributed by atoms with Crippen molar-refractivity contribution in [3.63, 3.8) is 0 Å². The molecule has 6 heteroatoms. The van der Waals surface area contributed by atoms with Crippen molar-refractivity contribution < 1.29 is 0 Å². The lowest BCUT2D eigenvalue weighted by Gasteiger charge is -2.13. The van der Waals surface area contributed by atoms with Crippen molar-refractivity contribution in [1.29, 1.82) is 0 Å². The van der Waals surface area contributed by atoms with Crippen LogP contribution in [0.2, 0.25) is 0 Å². The molecule has 1 atom stereocenters. The minimum atomic E-state index is 0.151. The number of hydrogen-bond donors (Lipinski definition) is 1. The van der Waals surface area contributed by atoms with Gasteiger partial charge < -0.3 is 5.32 Å². The smallest absolute Gasteiger partial charge is 0.243 e. The second kappa shape index (κ2) is 4.04. The monoisotopic (exact) mass is 204 g/mol. The molecule has 2 aromatic rings. The summed E-state index contributed by atoms with van der Waals surface area (Å²) < 4.78 is 1.59. The van der Waals surface area contributed by atoms with Crippen molar-refractivity contribution in [2.45, 2.75) is 13.0 Å². The van der Waals surface area contributed by atoms with Crippen LogP contribution in [-0.4, -0.2) is 25.2 Å². The van der Waals surface area contributed by atoms with Crippen LogP contribution in [0, 0.1) is 0 Å². The normalized spacial score (nSPS) is 12.4. The van der Waals surface area contributed by atoms with Crippen molar-refractivity contribution in [1.82, 2.24) is 25.2 Å². The van der Waals surface area contributed by atoms with E-state index >= 15 is 0 Å². The zero-order valence-corrected chi connectivity index (χ0v) is 8.62. The average Bonchev–Trinajstić information content (AvgIpc) is 2.66. The first-order valence-electron chi connectivity index (χ1n) is 4.66. The Bertz CT molecular complexity index is 423. The Morgan fingerprint density at radius 1 is 1.33 bits per heavy atom. The Balaban J connectivity index is 2.11. The third-order valence-electron chi connectivity index (χ3n) is 2.17. The largest absolute Gasteiger partial charge is 0.347 e. The topological polar surface area (TPSA) is 68.5 Å². The van der Waals surface area contributed by atoms with Gasteiger partial charge in [0, 0.05) is 19.4 Å². The van der Waals surface area contributed by atoms with Crippen molar-refractivity contribution >= 4 is 5.95 Å². The van der Waals surface area contributed by atoms with Gasteiger partial charge in [0.15, 0.2) is 0 Å². The summed E-state index contributed by atoms with van der Waals surface area (Å²) in [5.41, 5.74) is 1.15. The van der Waals surface area contributed by atoms with Crippen molar-refractivity contribution in [3.8, 4) is 0 Å². The van der Waals surface area contributed by atoms with Crippen LogP contribution in [0.4, 0.5) is 5.95 Å². The van der Waals surface area contributed by atoms with Gasteiger partial charge in [-0.1, -0.05) is 5.10 Å². The van der Waals surface area contributed by atoms with Crippen LogP contribution in [0.3, 0.4) is 0 Å². The van der Waals surface area contributed by atoms with E-state index in [4.69, 9.17) is 0 Å². The van der Waals surface area contributed by atoms with E-state index in [2.05, 4.69) is 25.8 Å². The molecular weight excluding hydrogens is 192 g/mol. The van der Waals surface area contributed by atoms with Gasteiger partial charge in [-0.2, -0.15) is 0 Å². The predicted molar refractivity (Wildman–Crippen MR) is 55.1 cm³/mol. The van der Waals surface area contributed by atoms with Gasteiger partial charge in [-0.3, -0.25) is 4.98 Å². The Labute approximate surface area is 87.3 Å². The number of nitrogens with zero attached hydrogens (tertiary/aromatic N) is 5. The first kappa shape index (κ1) is 9.57. The average molecular weight is 204 g/mol. The Hall–Kier alpha value is -1.98. The van der Waals surface area contributed by atoms with Crippen molar-refractivity contribution in [3.05, 3.63) is 30.1 Å². The van der Waals surface area contributed by atoms with Crippen molar-refractivity contribution in [2.24, 2.45) is 7.05 Å². The van der Waals surface area contributed by atoms with Crippen molar-refractivity contribution in [2.75, 3.05) is 5.32 Å². The van der Waals surface area contributed by atoms with Gasteiger partial charge in [0.1, 0.15) is 0 Å². The number of anilines is 1. The van der Waals surface area contributed by atoms with E-state index in [1.807, 2.05) is 19.1 Å². The van der Waals surface area contributed by atoms with E-state index in [1.54, 1.807) is 24.1 Å². The first-order valence-corrected chi connectivity index (χ1v) is 4.66. The number of aromatic nitrogens is 5. The highest BCUT2D eigenvalue weighted by atomic mass is 15.6. The lowest BCUT2D eigenvalue weighted by Crippen LogP contribution is -2.10. The Morgan fingerprint density at radius 2 is 2.07 bits per heavy atom. The molecule has 15 heavy (non-hydrogen) atoms. The summed E-state index contributed by atoms with van der Waals surface area (Å²) in [6, 6.07) is 4.07. The fourth-order valence-corrected chi connectivity index (χ4v) is 1.28. The molecule has 0 saturated heterocycles. The molecule has 0 aliphatic carbocycles. The van der Waals surface area contributed by atoms with Crippen LogP contribution in [0.25, 0.3) is 0 Å². The standard InChI is InChI=1S/C9H12N6/c1-7(8-3-5-10-6-4-8)11-9-12-13-14-15(9)2/h3-7H,1-2H3,(H,11,12,14). The molecule has 0 fully saturated rings. The molecule has 2 aromatic heterocycles. The minimum absolute atomic E-state index is 0.151. The molecule has 2 heterocycles. The second-order valence-electron chi connectivity index (χ2n) is 3.27.